The van der Waals surface area contributed by atoms with Crippen LogP contribution in [0.25, 0.3) is 0 Å². The van der Waals surface area contributed by atoms with E-state index < -0.39 is 0 Å². The van der Waals surface area contributed by atoms with Crippen molar-refractivity contribution < 1.29 is 10.2 Å². The number of hydrogen-bond acceptors (Lipinski definition) is 2. The molecule has 0 aromatic carbocycles. The zero-order chi connectivity index (χ0) is 11.4. The Bertz CT molecular complexity index is 116. The van der Waals surface area contributed by atoms with E-state index in [0.29, 0.717) is 11.8 Å². The van der Waals surface area contributed by atoms with Crippen molar-refractivity contribution in [2.24, 2.45) is 11.8 Å². The number of aliphatic hydroxyl groups excluding tert-OH is 2. The van der Waals surface area contributed by atoms with Gasteiger partial charge in [0.2, 0.25) is 0 Å². The number of aliphatic hydroxyl groups is 2. The van der Waals surface area contributed by atoms with Crippen LogP contribution < -0.4 is 0 Å². The molecule has 0 aromatic rings. The first-order valence-electron chi connectivity index (χ1n) is 5.05. The van der Waals surface area contributed by atoms with Gasteiger partial charge in [-0.1, -0.05) is 26.0 Å². The highest BCUT2D eigenvalue weighted by molar-refractivity contribution is 4.69. The van der Waals surface area contributed by atoms with Crippen molar-refractivity contribution in [1.29, 1.82) is 0 Å². The van der Waals surface area contributed by atoms with Crippen molar-refractivity contribution in [1.82, 2.24) is 0 Å². The fraction of sp³-hybridized carbons (Fsp3) is 0.667. The van der Waals surface area contributed by atoms with Crippen molar-refractivity contribution >= 4 is 0 Å². The number of allylic oxidation sites excluding steroid dienone is 2. The van der Waals surface area contributed by atoms with Crippen molar-refractivity contribution in [2.45, 2.75) is 26.7 Å². The molecule has 0 aliphatic rings. The normalized spacial score (nSPS) is 13.4. The monoisotopic (exact) mass is 200 g/mol. The summed E-state index contributed by atoms with van der Waals surface area (Å²) in [6.45, 7) is 11.6. The van der Waals surface area contributed by atoms with Crippen LogP contribution in [0.3, 0.4) is 0 Å². The third-order valence-corrected chi connectivity index (χ3v) is 1.76. The van der Waals surface area contributed by atoms with Crippen LogP contribution in [0.15, 0.2) is 25.3 Å². The maximum atomic E-state index is 8.42. The van der Waals surface area contributed by atoms with Crippen molar-refractivity contribution in [3.63, 3.8) is 0 Å². The van der Waals surface area contributed by atoms with Crippen LogP contribution in [-0.2, 0) is 0 Å². The molecule has 2 nitrogen and oxygen atoms in total. The highest BCUT2D eigenvalue weighted by atomic mass is 16.3. The van der Waals surface area contributed by atoms with Gasteiger partial charge in [-0.2, -0.15) is 0 Å². The summed E-state index contributed by atoms with van der Waals surface area (Å²) in [4.78, 5) is 0. The predicted octanol–water partition coefficient (Wildman–Crippen LogP) is 2.38. The quantitative estimate of drug-likeness (QED) is 0.646. The minimum atomic E-state index is 0.270. The molecular formula is C12H24O2. The molecular weight excluding hydrogens is 176 g/mol. The average molecular weight is 200 g/mol. The fourth-order valence-corrected chi connectivity index (χ4v) is 0.718. The van der Waals surface area contributed by atoms with E-state index in [1.807, 2.05) is 26.0 Å². The van der Waals surface area contributed by atoms with E-state index in [1.165, 1.54) is 0 Å². The lowest BCUT2D eigenvalue weighted by atomic mass is 10.1. The van der Waals surface area contributed by atoms with Crippen LogP contribution >= 0.6 is 0 Å². The fourth-order valence-electron chi connectivity index (χ4n) is 0.718. The second-order valence-electron chi connectivity index (χ2n) is 3.62. The van der Waals surface area contributed by atoms with Gasteiger partial charge >= 0.3 is 0 Å². The SMILES string of the molecule is C=CC[C@@H](C)CO.C=CC[C@H](C)CO. The third-order valence-electron chi connectivity index (χ3n) is 1.76. The molecule has 0 aliphatic heterocycles. The molecule has 84 valence electrons. The van der Waals surface area contributed by atoms with Crippen molar-refractivity contribution in [3.05, 3.63) is 25.3 Å². The third kappa shape index (κ3) is 14.0. The van der Waals surface area contributed by atoms with Crippen molar-refractivity contribution in [3.8, 4) is 0 Å². The Kier molecular flexibility index (Phi) is 14.0. The van der Waals surface area contributed by atoms with Gasteiger partial charge in [-0.25, -0.2) is 0 Å². The van der Waals surface area contributed by atoms with Crippen LogP contribution in [0, 0.1) is 11.8 Å². The standard InChI is InChI=1S/2C6H12O/c2*1-3-4-6(2)5-7/h2*3,6-7H,1,4-5H2,2H3/t2*6-/m10/s1. The molecule has 2 atom stereocenters. The van der Waals surface area contributed by atoms with Crippen molar-refractivity contribution in [2.75, 3.05) is 13.2 Å². The molecule has 0 amide bonds. The van der Waals surface area contributed by atoms with E-state index in [2.05, 4.69) is 13.2 Å². The molecule has 0 saturated carbocycles. The van der Waals surface area contributed by atoms with Crippen LogP contribution in [0.1, 0.15) is 26.7 Å². The zero-order valence-corrected chi connectivity index (χ0v) is 9.45. The second-order valence-corrected chi connectivity index (χ2v) is 3.62. The van der Waals surface area contributed by atoms with Gasteiger partial charge in [0.25, 0.3) is 0 Å². The van der Waals surface area contributed by atoms with Gasteiger partial charge in [-0.3, -0.25) is 0 Å². The maximum Gasteiger partial charge on any atom is 0.0459 e. The summed E-state index contributed by atoms with van der Waals surface area (Å²) < 4.78 is 0. The van der Waals surface area contributed by atoms with E-state index in [0.717, 1.165) is 12.8 Å². The Morgan fingerprint density at radius 3 is 1.29 bits per heavy atom. The molecule has 0 aliphatic carbocycles. The molecule has 0 bridgehead atoms. The summed E-state index contributed by atoms with van der Waals surface area (Å²) in [6.07, 6.45) is 5.47. The molecule has 0 heterocycles. The Hall–Kier alpha value is -0.600. The van der Waals surface area contributed by atoms with Gasteiger partial charge in [0.05, 0.1) is 0 Å². The Morgan fingerprint density at radius 1 is 0.929 bits per heavy atom. The topological polar surface area (TPSA) is 40.5 Å². The molecule has 0 unspecified atom stereocenters. The average Bonchev–Trinajstić information content (AvgIpc) is 2.19. The maximum absolute atomic E-state index is 8.42. The van der Waals surface area contributed by atoms with Gasteiger partial charge in [-0.05, 0) is 24.7 Å². The molecule has 0 spiro atoms. The van der Waals surface area contributed by atoms with E-state index in [9.17, 15) is 0 Å². The lowest BCUT2D eigenvalue weighted by Gasteiger charge is -1.99. The highest BCUT2D eigenvalue weighted by Gasteiger charge is 1.92. The van der Waals surface area contributed by atoms with Crippen LogP contribution in [0.2, 0.25) is 0 Å². The highest BCUT2D eigenvalue weighted by Crippen LogP contribution is 1.98. The van der Waals surface area contributed by atoms with Gasteiger partial charge in [0.15, 0.2) is 0 Å². The van der Waals surface area contributed by atoms with Crippen LogP contribution in [-0.4, -0.2) is 23.4 Å². The van der Waals surface area contributed by atoms with E-state index in [-0.39, 0.29) is 13.2 Å². The van der Waals surface area contributed by atoms with E-state index in [1.54, 1.807) is 0 Å². The predicted molar refractivity (Wildman–Crippen MR) is 62.1 cm³/mol. The van der Waals surface area contributed by atoms with Gasteiger partial charge in [0, 0.05) is 13.2 Å². The van der Waals surface area contributed by atoms with Gasteiger partial charge in [0.1, 0.15) is 0 Å². The van der Waals surface area contributed by atoms with Gasteiger partial charge in [-0.15, -0.1) is 13.2 Å². The van der Waals surface area contributed by atoms with E-state index >= 15 is 0 Å². The molecule has 0 rings (SSSR count). The number of hydrogen-bond donors (Lipinski definition) is 2. The van der Waals surface area contributed by atoms with E-state index in [4.69, 9.17) is 10.2 Å². The van der Waals surface area contributed by atoms with Crippen LogP contribution in [0.5, 0.6) is 0 Å². The first kappa shape index (κ1) is 15.9. The largest absolute Gasteiger partial charge is 0.396 e. The molecule has 0 aromatic heterocycles. The Morgan fingerprint density at radius 2 is 1.21 bits per heavy atom. The summed E-state index contributed by atoms with van der Waals surface area (Å²) >= 11 is 0. The van der Waals surface area contributed by atoms with Crippen LogP contribution in [0.4, 0.5) is 0 Å². The summed E-state index contributed by atoms with van der Waals surface area (Å²) in [5.74, 6) is 0.773. The molecule has 0 fully saturated rings. The first-order chi connectivity index (χ1) is 6.62. The lowest BCUT2D eigenvalue weighted by molar-refractivity contribution is 0.239. The minimum absolute atomic E-state index is 0.270. The Balaban J connectivity index is 0. The second kappa shape index (κ2) is 12.4. The molecule has 14 heavy (non-hydrogen) atoms. The zero-order valence-electron chi connectivity index (χ0n) is 9.45. The summed E-state index contributed by atoms with van der Waals surface area (Å²) in [6, 6.07) is 0. The minimum Gasteiger partial charge on any atom is -0.396 e. The summed E-state index contributed by atoms with van der Waals surface area (Å²) in [7, 11) is 0. The first-order valence-corrected chi connectivity index (χ1v) is 5.05. The molecule has 0 radical (unpaired) electrons. The molecule has 2 N–H and O–H groups in total. The molecule has 0 saturated heterocycles. The lowest BCUT2D eigenvalue weighted by Crippen LogP contribution is -1.96. The smallest absolute Gasteiger partial charge is 0.0459 e. The Labute approximate surface area is 88.0 Å². The van der Waals surface area contributed by atoms with Gasteiger partial charge < -0.3 is 10.2 Å². The molecule has 2 heteroatoms. The summed E-state index contributed by atoms with van der Waals surface area (Å²) in [5.41, 5.74) is 0. The summed E-state index contributed by atoms with van der Waals surface area (Å²) in [5, 5.41) is 16.8. The number of rotatable bonds is 6.